The number of nitrogens with zero attached hydrogens (tertiary/aromatic N) is 1. The highest BCUT2D eigenvalue weighted by Gasteiger charge is 2.38. The van der Waals surface area contributed by atoms with E-state index >= 15 is 0 Å². The number of benzene rings is 2. The number of likely N-dealkylation sites (N-methyl/N-ethyl adjacent to an activating group) is 1. The number of amides is 1. The number of carbonyl (C=O) groups excluding carboxylic acids is 1. The number of likely N-dealkylation sites (tertiary alicyclic amines) is 1. The summed E-state index contributed by atoms with van der Waals surface area (Å²) in [6, 6.07) is 13.2. The molecule has 164 valence electrons. The summed E-state index contributed by atoms with van der Waals surface area (Å²) in [5.74, 6) is -0.540. The molecule has 1 atom stereocenters. The lowest BCUT2D eigenvalue weighted by Gasteiger charge is -2.42. The highest BCUT2D eigenvalue weighted by Crippen LogP contribution is 2.35. The summed E-state index contributed by atoms with van der Waals surface area (Å²) in [6.07, 6.45) is -2.73. The van der Waals surface area contributed by atoms with E-state index in [1.807, 2.05) is 37.4 Å². The molecule has 0 aromatic heterocycles. The SMILES string of the molecule is CC(C)c1cc(C(F)(F)F)ccc1C(=O)NC1(c2ccccc2)CCCN(C)C1.Cl. The van der Waals surface area contributed by atoms with Gasteiger partial charge in [0.2, 0.25) is 0 Å². The van der Waals surface area contributed by atoms with E-state index in [1.54, 1.807) is 13.8 Å². The van der Waals surface area contributed by atoms with E-state index in [2.05, 4.69) is 10.2 Å². The average Bonchev–Trinajstić information content (AvgIpc) is 2.67. The summed E-state index contributed by atoms with van der Waals surface area (Å²) in [6.45, 7) is 5.20. The number of alkyl halides is 3. The highest BCUT2D eigenvalue weighted by molar-refractivity contribution is 5.96. The number of rotatable bonds is 4. The van der Waals surface area contributed by atoms with Gasteiger partial charge in [-0.2, -0.15) is 13.2 Å². The molecule has 0 bridgehead atoms. The molecule has 3 rings (SSSR count). The molecule has 1 saturated heterocycles. The molecule has 0 saturated carbocycles. The van der Waals surface area contributed by atoms with Crippen molar-refractivity contribution in [3.63, 3.8) is 0 Å². The lowest BCUT2D eigenvalue weighted by atomic mass is 9.81. The van der Waals surface area contributed by atoms with Gasteiger partial charge in [0.05, 0.1) is 11.1 Å². The molecular weight excluding hydrogens is 413 g/mol. The van der Waals surface area contributed by atoms with Gasteiger partial charge in [-0.15, -0.1) is 12.4 Å². The molecule has 1 aliphatic rings. The fourth-order valence-electron chi connectivity index (χ4n) is 4.14. The Morgan fingerprint density at radius 2 is 1.80 bits per heavy atom. The first-order chi connectivity index (χ1) is 13.6. The minimum atomic E-state index is -4.43. The minimum absolute atomic E-state index is 0. The molecule has 1 amide bonds. The molecule has 7 heteroatoms. The fourth-order valence-corrected chi connectivity index (χ4v) is 4.14. The van der Waals surface area contributed by atoms with E-state index in [0.29, 0.717) is 17.7 Å². The second kappa shape index (κ2) is 9.40. The van der Waals surface area contributed by atoms with Crippen molar-refractivity contribution in [3.8, 4) is 0 Å². The first kappa shape index (κ1) is 24.2. The standard InChI is InChI=1S/C23H27F3N2O.ClH/c1-16(2)20-14-18(23(24,25)26)10-11-19(20)21(29)27-22(12-7-13-28(3)15-22)17-8-5-4-6-9-17;/h4-6,8-11,14,16H,7,12-13,15H2,1-3H3,(H,27,29);1H. The van der Waals surface area contributed by atoms with Gasteiger partial charge < -0.3 is 10.2 Å². The number of piperidine rings is 1. The molecule has 30 heavy (non-hydrogen) atoms. The molecular formula is C23H28ClF3N2O. The van der Waals surface area contributed by atoms with Crippen molar-refractivity contribution in [1.29, 1.82) is 0 Å². The van der Waals surface area contributed by atoms with Gasteiger partial charge in [0.25, 0.3) is 5.91 Å². The Kier molecular flexibility index (Phi) is 7.59. The van der Waals surface area contributed by atoms with Crippen molar-refractivity contribution in [2.45, 2.75) is 44.3 Å². The number of nitrogens with one attached hydrogen (secondary N) is 1. The van der Waals surface area contributed by atoms with Gasteiger partial charge >= 0.3 is 6.18 Å². The van der Waals surface area contributed by atoms with Crippen LogP contribution in [0.5, 0.6) is 0 Å². The van der Waals surface area contributed by atoms with Crippen molar-refractivity contribution in [1.82, 2.24) is 10.2 Å². The molecule has 0 spiro atoms. The van der Waals surface area contributed by atoms with Crippen LogP contribution in [0.2, 0.25) is 0 Å². The molecule has 1 aliphatic heterocycles. The maximum Gasteiger partial charge on any atom is 0.416 e. The predicted octanol–water partition coefficient (Wildman–Crippen LogP) is 5.60. The molecule has 2 aromatic rings. The third-order valence-corrected chi connectivity index (χ3v) is 5.61. The summed E-state index contributed by atoms with van der Waals surface area (Å²) < 4.78 is 39.5. The lowest BCUT2D eigenvalue weighted by Crippen LogP contribution is -2.55. The van der Waals surface area contributed by atoms with E-state index in [4.69, 9.17) is 0 Å². The predicted molar refractivity (Wildman–Crippen MR) is 115 cm³/mol. The van der Waals surface area contributed by atoms with E-state index in [9.17, 15) is 18.0 Å². The van der Waals surface area contributed by atoms with Gasteiger partial charge in [0.1, 0.15) is 0 Å². The van der Waals surface area contributed by atoms with Gasteiger partial charge in [-0.1, -0.05) is 44.2 Å². The Bertz CT molecular complexity index is 870. The Balaban J connectivity index is 0.00000320. The average molecular weight is 441 g/mol. The zero-order valence-electron chi connectivity index (χ0n) is 17.4. The van der Waals surface area contributed by atoms with Crippen LogP contribution in [0.3, 0.4) is 0 Å². The van der Waals surface area contributed by atoms with Crippen molar-refractivity contribution < 1.29 is 18.0 Å². The Morgan fingerprint density at radius 3 is 2.37 bits per heavy atom. The Morgan fingerprint density at radius 1 is 1.13 bits per heavy atom. The van der Waals surface area contributed by atoms with Crippen LogP contribution in [-0.4, -0.2) is 30.9 Å². The third kappa shape index (κ3) is 5.16. The van der Waals surface area contributed by atoms with Gasteiger partial charge in [-0.05, 0) is 61.7 Å². The van der Waals surface area contributed by atoms with E-state index in [-0.39, 0.29) is 24.2 Å². The maximum absolute atomic E-state index is 13.3. The van der Waals surface area contributed by atoms with Crippen LogP contribution >= 0.6 is 12.4 Å². The summed E-state index contributed by atoms with van der Waals surface area (Å²) in [5.41, 5.74) is 0.425. The molecule has 1 heterocycles. The van der Waals surface area contributed by atoms with Crippen LogP contribution in [0.25, 0.3) is 0 Å². The minimum Gasteiger partial charge on any atom is -0.341 e. The summed E-state index contributed by atoms with van der Waals surface area (Å²) in [4.78, 5) is 15.4. The highest BCUT2D eigenvalue weighted by atomic mass is 35.5. The first-order valence-corrected chi connectivity index (χ1v) is 9.90. The van der Waals surface area contributed by atoms with Crippen molar-refractivity contribution >= 4 is 18.3 Å². The van der Waals surface area contributed by atoms with Crippen molar-refractivity contribution in [3.05, 3.63) is 70.8 Å². The normalized spacial score (nSPS) is 20.0. The summed E-state index contributed by atoms with van der Waals surface area (Å²) in [7, 11) is 2.01. The first-order valence-electron chi connectivity index (χ1n) is 9.90. The fraction of sp³-hybridized carbons (Fsp3) is 0.435. The summed E-state index contributed by atoms with van der Waals surface area (Å²) in [5, 5.41) is 3.19. The smallest absolute Gasteiger partial charge is 0.341 e. The molecule has 0 aliphatic carbocycles. The number of halogens is 4. The summed E-state index contributed by atoms with van der Waals surface area (Å²) >= 11 is 0. The second-order valence-corrected chi connectivity index (χ2v) is 8.20. The van der Waals surface area contributed by atoms with Gasteiger partial charge in [0.15, 0.2) is 0 Å². The van der Waals surface area contributed by atoms with E-state index in [0.717, 1.165) is 37.1 Å². The maximum atomic E-state index is 13.3. The Labute approximate surface area is 182 Å². The van der Waals surface area contributed by atoms with Crippen molar-refractivity contribution in [2.75, 3.05) is 20.1 Å². The van der Waals surface area contributed by atoms with Crippen LogP contribution in [0.15, 0.2) is 48.5 Å². The van der Waals surface area contributed by atoms with Crippen LogP contribution in [0.4, 0.5) is 13.2 Å². The zero-order valence-corrected chi connectivity index (χ0v) is 18.2. The van der Waals surface area contributed by atoms with Gasteiger partial charge in [-0.25, -0.2) is 0 Å². The molecule has 0 radical (unpaired) electrons. The molecule has 1 N–H and O–H groups in total. The third-order valence-electron chi connectivity index (χ3n) is 5.61. The van der Waals surface area contributed by atoms with Crippen LogP contribution in [0, 0.1) is 0 Å². The molecule has 1 fully saturated rings. The lowest BCUT2D eigenvalue weighted by molar-refractivity contribution is -0.137. The number of hydrogen-bond donors (Lipinski definition) is 1. The van der Waals surface area contributed by atoms with Gasteiger partial charge in [-0.3, -0.25) is 4.79 Å². The number of hydrogen-bond acceptors (Lipinski definition) is 2. The Hall–Kier alpha value is -2.05. The van der Waals surface area contributed by atoms with Crippen LogP contribution in [0.1, 0.15) is 59.7 Å². The number of carbonyl (C=O) groups is 1. The van der Waals surface area contributed by atoms with E-state index < -0.39 is 17.3 Å². The van der Waals surface area contributed by atoms with Crippen LogP contribution in [-0.2, 0) is 11.7 Å². The molecule has 3 nitrogen and oxygen atoms in total. The zero-order chi connectivity index (χ0) is 21.2. The molecule has 1 unspecified atom stereocenters. The largest absolute Gasteiger partial charge is 0.416 e. The monoisotopic (exact) mass is 440 g/mol. The van der Waals surface area contributed by atoms with Crippen LogP contribution < -0.4 is 5.32 Å². The second-order valence-electron chi connectivity index (χ2n) is 8.20. The van der Waals surface area contributed by atoms with Gasteiger partial charge in [0, 0.05) is 12.1 Å². The molecule has 2 aromatic carbocycles. The van der Waals surface area contributed by atoms with E-state index in [1.165, 1.54) is 6.07 Å². The topological polar surface area (TPSA) is 32.3 Å². The van der Waals surface area contributed by atoms with Crippen molar-refractivity contribution in [2.24, 2.45) is 0 Å². The quantitative estimate of drug-likeness (QED) is 0.671.